The standard InChI is InChI=1S/C17H21BrN2/c1-4-5-20-17(15-9-16(18)11-19-10-15)14-7-12(2)6-13(3)8-14/h6-11,17,20H,4-5H2,1-3H3. The molecule has 0 saturated heterocycles. The van der Waals surface area contributed by atoms with Crippen LogP contribution in [0.1, 0.15) is 41.6 Å². The lowest BCUT2D eigenvalue weighted by atomic mass is 9.96. The number of hydrogen-bond donors (Lipinski definition) is 1. The Morgan fingerprint density at radius 1 is 1.05 bits per heavy atom. The quantitative estimate of drug-likeness (QED) is 0.868. The van der Waals surface area contributed by atoms with Crippen molar-refractivity contribution in [3.8, 4) is 0 Å². The lowest BCUT2D eigenvalue weighted by molar-refractivity contribution is 0.596. The van der Waals surface area contributed by atoms with E-state index in [1.807, 2.05) is 12.4 Å². The topological polar surface area (TPSA) is 24.9 Å². The first-order valence-electron chi connectivity index (χ1n) is 7.02. The van der Waals surface area contributed by atoms with Gasteiger partial charge < -0.3 is 5.32 Å². The minimum absolute atomic E-state index is 0.193. The molecule has 2 aromatic rings. The van der Waals surface area contributed by atoms with E-state index in [0.29, 0.717) is 0 Å². The lowest BCUT2D eigenvalue weighted by Gasteiger charge is -2.20. The summed E-state index contributed by atoms with van der Waals surface area (Å²) in [5.41, 5.74) is 5.09. The third kappa shape index (κ3) is 3.90. The Morgan fingerprint density at radius 2 is 1.75 bits per heavy atom. The van der Waals surface area contributed by atoms with Crippen molar-refractivity contribution < 1.29 is 0 Å². The maximum Gasteiger partial charge on any atom is 0.0592 e. The van der Waals surface area contributed by atoms with Gasteiger partial charge in [-0.05, 0) is 59.9 Å². The van der Waals surface area contributed by atoms with E-state index in [4.69, 9.17) is 0 Å². The second-order valence-electron chi connectivity index (χ2n) is 5.24. The van der Waals surface area contributed by atoms with E-state index in [1.54, 1.807) is 0 Å². The highest BCUT2D eigenvalue weighted by molar-refractivity contribution is 9.10. The SMILES string of the molecule is CCCNC(c1cc(C)cc(C)c1)c1cncc(Br)c1. The van der Waals surface area contributed by atoms with Gasteiger partial charge in [0, 0.05) is 16.9 Å². The van der Waals surface area contributed by atoms with Crippen molar-refractivity contribution in [2.24, 2.45) is 0 Å². The largest absolute Gasteiger partial charge is 0.306 e. The Bertz CT molecular complexity index is 561. The van der Waals surface area contributed by atoms with Gasteiger partial charge in [0.05, 0.1) is 6.04 Å². The maximum absolute atomic E-state index is 4.30. The minimum atomic E-state index is 0.193. The van der Waals surface area contributed by atoms with E-state index in [2.05, 4.69) is 71.3 Å². The Hall–Kier alpha value is -1.19. The molecule has 0 aliphatic heterocycles. The van der Waals surface area contributed by atoms with Crippen LogP contribution in [0.2, 0.25) is 0 Å². The zero-order valence-electron chi connectivity index (χ0n) is 12.3. The molecular weight excluding hydrogens is 312 g/mol. The van der Waals surface area contributed by atoms with Gasteiger partial charge in [0.1, 0.15) is 0 Å². The van der Waals surface area contributed by atoms with Gasteiger partial charge in [0.15, 0.2) is 0 Å². The maximum atomic E-state index is 4.30. The summed E-state index contributed by atoms with van der Waals surface area (Å²) < 4.78 is 1.02. The minimum Gasteiger partial charge on any atom is -0.306 e. The molecule has 3 heteroatoms. The third-order valence-corrected chi connectivity index (χ3v) is 3.67. The summed E-state index contributed by atoms with van der Waals surface area (Å²) in [5, 5.41) is 3.62. The highest BCUT2D eigenvalue weighted by Crippen LogP contribution is 2.25. The normalized spacial score (nSPS) is 12.4. The van der Waals surface area contributed by atoms with E-state index in [9.17, 15) is 0 Å². The van der Waals surface area contributed by atoms with Gasteiger partial charge in [0.25, 0.3) is 0 Å². The average molecular weight is 333 g/mol. The van der Waals surface area contributed by atoms with Crippen LogP contribution in [-0.4, -0.2) is 11.5 Å². The van der Waals surface area contributed by atoms with Crippen molar-refractivity contribution >= 4 is 15.9 Å². The van der Waals surface area contributed by atoms with Crippen LogP contribution in [0.15, 0.2) is 41.1 Å². The number of rotatable bonds is 5. The van der Waals surface area contributed by atoms with Crippen LogP contribution in [0.5, 0.6) is 0 Å². The van der Waals surface area contributed by atoms with Crippen molar-refractivity contribution in [2.45, 2.75) is 33.2 Å². The number of pyridine rings is 1. The van der Waals surface area contributed by atoms with Gasteiger partial charge in [-0.3, -0.25) is 4.98 Å². The summed E-state index contributed by atoms with van der Waals surface area (Å²) >= 11 is 3.51. The first kappa shape index (κ1) is 15.2. The van der Waals surface area contributed by atoms with Crippen LogP contribution < -0.4 is 5.32 Å². The van der Waals surface area contributed by atoms with Gasteiger partial charge in [-0.2, -0.15) is 0 Å². The summed E-state index contributed by atoms with van der Waals surface area (Å²) in [6.45, 7) is 7.47. The molecule has 0 fully saturated rings. The summed E-state index contributed by atoms with van der Waals surface area (Å²) in [4.78, 5) is 4.30. The molecule has 0 amide bonds. The van der Waals surface area contributed by atoms with Crippen molar-refractivity contribution in [1.29, 1.82) is 0 Å². The number of nitrogens with one attached hydrogen (secondary N) is 1. The summed E-state index contributed by atoms with van der Waals surface area (Å²) in [5.74, 6) is 0. The molecule has 0 aliphatic carbocycles. The van der Waals surface area contributed by atoms with Gasteiger partial charge in [-0.25, -0.2) is 0 Å². The second-order valence-corrected chi connectivity index (χ2v) is 6.16. The fourth-order valence-corrected chi connectivity index (χ4v) is 2.86. The monoisotopic (exact) mass is 332 g/mol. The van der Waals surface area contributed by atoms with Crippen molar-refractivity contribution in [1.82, 2.24) is 10.3 Å². The van der Waals surface area contributed by atoms with Crippen molar-refractivity contribution in [3.05, 3.63) is 63.4 Å². The molecule has 106 valence electrons. The average Bonchev–Trinajstić information content (AvgIpc) is 2.38. The summed E-state index contributed by atoms with van der Waals surface area (Å²) in [6.07, 6.45) is 4.88. The van der Waals surface area contributed by atoms with Gasteiger partial charge in [0.2, 0.25) is 0 Å². The molecular formula is C17H21BrN2. The number of nitrogens with zero attached hydrogens (tertiary/aromatic N) is 1. The highest BCUT2D eigenvalue weighted by Gasteiger charge is 2.14. The molecule has 1 atom stereocenters. The van der Waals surface area contributed by atoms with Crippen LogP contribution in [0, 0.1) is 13.8 Å². The number of benzene rings is 1. The molecule has 20 heavy (non-hydrogen) atoms. The fourth-order valence-electron chi connectivity index (χ4n) is 2.48. The fraction of sp³-hybridized carbons (Fsp3) is 0.353. The Morgan fingerprint density at radius 3 is 2.35 bits per heavy atom. The van der Waals surface area contributed by atoms with Gasteiger partial charge in [-0.15, -0.1) is 0 Å². The molecule has 0 spiro atoms. The van der Waals surface area contributed by atoms with Crippen molar-refractivity contribution in [3.63, 3.8) is 0 Å². The zero-order valence-corrected chi connectivity index (χ0v) is 13.9. The first-order valence-corrected chi connectivity index (χ1v) is 7.81. The Balaban J connectivity index is 2.41. The molecule has 1 N–H and O–H groups in total. The zero-order chi connectivity index (χ0) is 14.5. The third-order valence-electron chi connectivity index (χ3n) is 3.24. The Labute approximate surface area is 129 Å². The molecule has 1 aromatic heterocycles. The van der Waals surface area contributed by atoms with E-state index in [1.165, 1.54) is 22.3 Å². The highest BCUT2D eigenvalue weighted by atomic mass is 79.9. The van der Waals surface area contributed by atoms with Crippen LogP contribution in [0.3, 0.4) is 0 Å². The predicted octanol–water partition coefficient (Wildman–Crippen LogP) is 4.55. The van der Waals surface area contributed by atoms with Crippen LogP contribution in [-0.2, 0) is 0 Å². The Kier molecular flexibility index (Phi) is 5.32. The van der Waals surface area contributed by atoms with Crippen molar-refractivity contribution in [2.75, 3.05) is 6.54 Å². The first-order chi connectivity index (χ1) is 9.60. The van der Waals surface area contributed by atoms with E-state index < -0.39 is 0 Å². The predicted molar refractivity (Wildman–Crippen MR) is 88.0 cm³/mol. The van der Waals surface area contributed by atoms with Gasteiger partial charge in [-0.1, -0.05) is 36.2 Å². The lowest BCUT2D eigenvalue weighted by Crippen LogP contribution is -2.23. The summed E-state index contributed by atoms with van der Waals surface area (Å²) in [7, 11) is 0. The van der Waals surface area contributed by atoms with E-state index >= 15 is 0 Å². The molecule has 0 radical (unpaired) electrons. The molecule has 1 unspecified atom stereocenters. The van der Waals surface area contributed by atoms with Crippen LogP contribution >= 0.6 is 15.9 Å². The molecule has 2 nitrogen and oxygen atoms in total. The molecule has 0 bridgehead atoms. The molecule has 1 heterocycles. The number of hydrogen-bond acceptors (Lipinski definition) is 2. The number of aromatic nitrogens is 1. The molecule has 0 saturated carbocycles. The van der Waals surface area contributed by atoms with Gasteiger partial charge >= 0.3 is 0 Å². The van der Waals surface area contributed by atoms with Crippen LogP contribution in [0.4, 0.5) is 0 Å². The molecule has 2 rings (SSSR count). The van der Waals surface area contributed by atoms with E-state index in [-0.39, 0.29) is 6.04 Å². The smallest absolute Gasteiger partial charge is 0.0592 e. The molecule has 0 aliphatic rings. The summed E-state index contributed by atoms with van der Waals surface area (Å²) in [6, 6.07) is 9.04. The molecule has 1 aromatic carbocycles. The number of aryl methyl sites for hydroxylation is 2. The van der Waals surface area contributed by atoms with Crippen LogP contribution in [0.25, 0.3) is 0 Å². The second kappa shape index (κ2) is 7.00. The van der Waals surface area contributed by atoms with E-state index in [0.717, 1.165) is 17.4 Å². The number of halogens is 1.